The summed E-state index contributed by atoms with van der Waals surface area (Å²) in [4.78, 5) is 23.3. The summed E-state index contributed by atoms with van der Waals surface area (Å²) in [5.74, 6) is 0.503. The van der Waals surface area contributed by atoms with Gasteiger partial charge >= 0.3 is 0 Å². The van der Waals surface area contributed by atoms with Crippen molar-refractivity contribution in [3.05, 3.63) is 12.2 Å². The van der Waals surface area contributed by atoms with E-state index < -0.39 is 0 Å². The third kappa shape index (κ3) is 2.11. The van der Waals surface area contributed by atoms with Gasteiger partial charge in [0, 0.05) is 25.1 Å². The second-order valence-corrected chi connectivity index (χ2v) is 2.92. The molecule has 0 aromatic carbocycles. The molecule has 1 saturated heterocycles. The Hall–Kier alpha value is -0.770. The first-order valence-corrected chi connectivity index (χ1v) is 4.48. The summed E-state index contributed by atoms with van der Waals surface area (Å²) in [5, 5.41) is 0. The van der Waals surface area contributed by atoms with Gasteiger partial charge in [0.15, 0.2) is 0 Å². The molecule has 1 aliphatic rings. The van der Waals surface area contributed by atoms with Crippen LogP contribution < -0.4 is 0 Å². The molecule has 66 valence electrons. The number of amides is 2. The van der Waals surface area contributed by atoms with Gasteiger partial charge in [-0.1, -0.05) is 12.2 Å². The van der Waals surface area contributed by atoms with Gasteiger partial charge in [0.1, 0.15) is 0 Å². The van der Waals surface area contributed by atoms with Crippen molar-refractivity contribution in [3.8, 4) is 0 Å². The van der Waals surface area contributed by atoms with Crippen LogP contribution in [0, 0.1) is 0 Å². The van der Waals surface area contributed by atoms with Gasteiger partial charge in [-0.05, 0) is 0 Å². The van der Waals surface area contributed by atoms with Gasteiger partial charge in [0.2, 0.25) is 11.8 Å². The number of imide groups is 1. The number of carbonyl (C=O) groups is 2. The van der Waals surface area contributed by atoms with Crippen molar-refractivity contribution in [1.29, 1.82) is 0 Å². The van der Waals surface area contributed by atoms with E-state index in [2.05, 4.69) is 12.6 Å². The van der Waals surface area contributed by atoms with Gasteiger partial charge in [-0.15, -0.1) is 0 Å². The lowest BCUT2D eigenvalue weighted by Gasteiger charge is -2.09. The molecule has 4 heteroatoms. The molecule has 0 atom stereocenters. The smallest absolute Gasteiger partial charge is 0.229 e. The van der Waals surface area contributed by atoms with Crippen LogP contribution in [-0.2, 0) is 9.59 Å². The number of hydrogen-bond donors (Lipinski definition) is 1. The molecule has 0 unspecified atom stereocenters. The summed E-state index contributed by atoms with van der Waals surface area (Å²) in [6, 6.07) is 0. The van der Waals surface area contributed by atoms with Crippen molar-refractivity contribution in [2.24, 2.45) is 0 Å². The van der Waals surface area contributed by atoms with Crippen molar-refractivity contribution < 1.29 is 9.59 Å². The minimum Gasteiger partial charge on any atom is -0.279 e. The molecule has 1 fully saturated rings. The highest BCUT2D eigenvalue weighted by atomic mass is 32.1. The largest absolute Gasteiger partial charge is 0.279 e. The fourth-order valence-corrected chi connectivity index (χ4v) is 1.23. The zero-order chi connectivity index (χ0) is 8.97. The topological polar surface area (TPSA) is 37.4 Å². The number of nitrogens with zero attached hydrogens (tertiary/aromatic N) is 1. The maximum absolute atomic E-state index is 11.0. The molecule has 0 aliphatic carbocycles. The monoisotopic (exact) mass is 185 g/mol. The van der Waals surface area contributed by atoms with Gasteiger partial charge < -0.3 is 0 Å². The molecule has 3 nitrogen and oxygen atoms in total. The fourth-order valence-electron chi connectivity index (χ4n) is 1.08. The van der Waals surface area contributed by atoms with Crippen LogP contribution in [0.1, 0.15) is 12.8 Å². The standard InChI is InChI=1S/C8H11NO2S/c10-7-3-4-8(11)9(7)5-1-2-6-12/h1-2,12H,3-6H2/b2-1+. The van der Waals surface area contributed by atoms with Crippen LogP contribution in [-0.4, -0.2) is 29.0 Å². The molecule has 12 heavy (non-hydrogen) atoms. The predicted octanol–water partition coefficient (Wildman–Crippen LogP) is 0.621. The highest BCUT2D eigenvalue weighted by molar-refractivity contribution is 7.80. The second-order valence-electron chi connectivity index (χ2n) is 2.55. The van der Waals surface area contributed by atoms with Gasteiger partial charge in [-0.2, -0.15) is 12.6 Å². The van der Waals surface area contributed by atoms with E-state index in [1.165, 1.54) is 4.90 Å². The van der Waals surface area contributed by atoms with Gasteiger partial charge in [0.05, 0.1) is 0 Å². The fraction of sp³-hybridized carbons (Fsp3) is 0.500. The van der Waals surface area contributed by atoms with E-state index in [-0.39, 0.29) is 11.8 Å². The molecule has 1 heterocycles. The van der Waals surface area contributed by atoms with Crippen molar-refractivity contribution in [2.45, 2.75) is 12.8 Å². The van der Waals surface area contributed by atoms with E-state index >= 15 is 0 Å². The molecule has 0 aromatic heterocycles. The summed E-state index contributed by atoms with van der Waals surface area (Å²) in [6.07, 6.45) is 4.34. The normalized spacial score (nSPS) is 18.2. The lowest BCUT2D eigenvalue weighted by molar-refractivity contribution is -0.137. The third-order valence-electron chi connectivity index (χ3n) is 1.71. The molecule has 0 radical (unpaired) electrons. The van der Waals surface area contributed by atoms with Crippen LogP contribution >= 0.6 is 12.6 Å². The van der Waals surface area contributed by atoms with E-state index in [1.807, 2.05) is 6.08 Å². The van der Waals surface area contributed by atoms with Crippen molar-refractivity contribution in [1.82, 2.24) is 4.90 Å². The van der Waals surface area contributed by atoms with E-state index in [1.54, 1.807) is 6.08 Å². The summed E-state index contributed by atoms with van der Waals surface area (Å²) < 4.78 is 0. The van der Waals surface area contributed by atoms with Gasteiger partial charge in [-0.3, -0.25) is 14.5 Å². The highest BCUT2D eigenvalue weighted by Crippen LogP contribution is 2.10. The number of likely N-dealkylation sites (tertiary alicyclic amines) is 1. The SMILES string of the molecule is O=C1CCC(=O)N1C/C=C/CS. The molecular formula is C8H11NO2S. The van der Waals surface area contributed by atoms with E-state index in [4.69, 9.17) is 0 Å². The first-order valence-electron chi connectivity index (χ1n) is 3.84. The van der Waals surface area contributed by atoms with E-state index in [9.17, 15) is 9.59 Å². The Morgan fingerprint density at radius 2 is 1.83 bits per heavy atom. The first kappa shape index (κ1) is 9.32. The third-order valence-corrected chi connectivity index (χ3v) is 1.93. The van der Waals surface area contributed by atoms with Crippen molar-refractivity contribution in [3.63, 3.8) is 0 Å². The lowest BCUT2D eigenvalue weighted by atomic mass is 10.4. The first-order chi connectivity index (χ1) is 5.75. The summed E-state index contributed by atoms with van der Waals surface area (Å²) >= 11 is 3.97. The Kier molecular flexibility index (Phi) is 3.34. The van der Waals surface area contributed by atoms with Gasteiger partial charge in [0.25, 0.3) is 0 Å². The minimum absolute atomic E-state index is 0.0659. The van der Waals surface area contributed by atoms with Gasteiger partial charge in [-0.25, -0.2) is 0 Å². The summed E-state index contributed by atoms with van der Waals surface area (Å²) in [5.41, 5.74) is 0. The Balaban J connectivity index is 2.45. The van der Waals surface area contributed by atoms with E-state index in [0.717, 1.165) is 0 Å². The molecule has 1 rings (SSSR count). The molecule has 0 saturated carbocycles. The Labute approximate surface area is 76.8 Å². The number of thiol groups is 1. The zero-order valence-corrected chi connectivity index (χ0v) is 7.59. The Morgan fingerprint density at radius 3 is 2.33 bits per heavy atom. The Bertz CT molecular complexity index is 209. The maximum Gasteiger partial charge on any atom is 0.229 e. The quantitative estimate of drug-likeness (QED) is 0.397. The summed E-state index contributed by atoms with van der Waals surface area (Å²) in [7, 11) is 0. The van der Waals surface area contributed by atoms with Crippen molar-refractivity contribution >= 4 is 24.4 Å². The summed E-state index contributed by atoms with van der Waals surface area (Å²) in [6.45, 7) is 0.401. The van der Waals surface area contributed by atoms with Crippen LogP contribution in [0.25, 0.3) is 0 Å². The van der Waals surface area contributed by atoms with Crippen LogP contribution in [0.3, 0.4) is 0 Å². The van der Waals surface area contributed by atoms with E-state index in [0.29, 0.717) is 25.1 Å². The average Bonchev–Trinajstić information content (AvgIpc) is 2.35. The molecule has 0 spiro atoms. The van der Waals surface area contributed by atoms with Crippen molar-refractivity contribution in [2.75, 3.05) is 12.3 Å². The Morgan fingerprint density at radius 1 is 1.25 bits per heavy atom. The van der Waals surface area contributed by atoms with Crippen LogP contribution in [0.15, 0.2) is 12.2 Å². The molecule has 0 aromatic rings. The zero-order valence-electron chi connectivity index (χ0n) is 6.69. The predicted molar refractivity (Wildman–Crippen MR) is 48.9 cm³/mol. The van der Waals surface area contributed by atoms with Crippen LogP contribution in [0.4, 0.5) is 0 Å². The molecule has 0 N–H and O–H groups in total. The number of carbonyl (C=O) groups excluding carboxylic acids is 2. The molecular weight excluding hydrogens is 174 g/mol. The number of hydrogen-bond acceptors (Lipinski definition) is 3. The van der Waals surface area contributed by atoms with Crippen LogP contribution in [0.2, 0.25) is 0 Å². The lowest BCUT2D eigenvalue weighted by Crippen LogP contribution is -2.28. The minimum atomic E-state index is -0.0659. The average molecular weight is 185 g/mol. The molecule has 0 bridgehead atoms. The number of rotatable bonds is 3. The maximum atomic E-state index is 11.0. The highest BCUT2D eigenvalue weighted by Gasteiger charge is 2.27. The molecule has 1 aliphatic heterocycles. The van der Waals surface area contributed by atoms with Crippen LogP contribution in [0.5, 0.6) is 0 Å². The second kappa shape index (κ2) is 4.30. The molecule has 2 amide bonds.